The number of pyridine rings is 1. The molecule has 0 fully saturated rings. The summed E-state index contributed by atoms with van der Waals surface area (Å²) in [5.74, 6) is 0.412. The molecule has 0 unspecified atom stereocenters. The fourth-order valence-corrected chi connectivity index (χ4v) is 3.31. The highest BCUT2D eigenvalue weighted by Gasteiger charge is 2.20. The van der Waals surface area contributed by atoms with E-state index >= 15 is 0 Å². The fourth-order valence-electron chi connectivity index (χ4n) is 3.31. The molecule has 0 saturated carbocycles. The molecule has 1 amide bonds. The van der Waals surface area contributed by atoms with Crippen LogP contribution in [0.5, 0.6) is 5.75 Å². The molecule has 1 N–H and O–H groups in total. The van der Waals surface area contributed by atoms with Crippen molar-refractivity contribution in [2.45, 2.75) is 13.5 Å². The summed E-state index contributed by atoms with van der Waals surface area (Å²) in [7, 11) is 0. The Balaban J connectivity index is 1.49. The highest BCUT2D eigenvalue weighted by molar-refractivity contribution is 5.91. The van der Waals surface area contributed by atoms with E-state index in [1.165, 1.54) is 12.1 Å². The van der Waals surface area contributed by atoms with Crippen LogP contribution in [0.25, 0.3) is 10.9 Å². The number of hydrogen-bond acceptors (Lipinski definition) is 4. The van der Waals surface area contributed by atoms with E-state index in [1.54, 1.807) is 11.0 Å². The first-order valence-corrected chi connectivity index (χ1v) is 8.89. The molecule has 27 heavy (non-hydrogen) atoms. The average molecular weight is 365 g/mol. The Hall–Kier alpha value is -3.15. The maximum Gasteiger partial charge on any atom is 0.260 e. The molecule has 0 spiro atoms. The van der Waals surface area contributed by atoms with Crippen LogP contribution >= 0.6 is 0 Å². The third-order valence-corrected chi connectivity index (χ3v) is 4.63. The largest absolute Gasteiger partial charge is 0.483 e. The number of carbonyl (C=O) groups is 1. The topological polar surface area (TPSA) is 54.5 Å². The number of aromatic nitrogens is 1. The number of hydrogen-bond donors (Lipinski definition) is 1. The number of aryl methyl sites for hydroxylation is 1. The van der Waals surface area contributed by atoms with Gasteiger partial charge in [0.1, 0.15) is 11.6 Å². The van der Waals surface area contributed by atoms with Gasteiger partial charge in [-0.3, -0.25) is 9.78 Å². The van der Waals surface area contributed by atoms with Gasteiger partial charge in [0, 0.05) is 42.0 Å². The quantitative estimate of drug-likeness (QED) is 0.769. The Kier molecular flexibility index (Phi) is 4.62. The number of para-hydroxylation sites is 1. The second-order valence-electron chi connectivity index (χ2n) is 6.61. The first-order valence-electron chi connectivity index (χ1n) is 8.89. The minimum atomic E-state index is -0.298. The maximum absolute atomic E-state index is 13.6. The van der Waals surface area contributed by atoms with Crippen molar-refractivity contribution >= 4 is 22.5 Å². The van der Waals surface area contributed by atoms with Gasteiger partial charge in [0.15, 0.2) is 6.61 Å². The summed E-state index contributed by atoms with van der Waals surface area (Å²) >= 11 is 0. The zero-order chi connectivity index (χ0) is 18.8. The van der Waals surface area contributed by atoms with Crippen molar-refractivity contribution in [3.05, 3.63) is 65.6 Å². The van der Waals surface area contributed by atoms with Crippen LogP contribution in [0.4, 0.5) is 10.1 Å². The lowest BCUT2D eigenvalue weighted by atomic mass is 10.1. The molecule has 3 aromatic rings. The van der Waals surface area contributed by atoms with Crippen molar-refractivity contribution in [2.75, 3.05) is 25.0 Å². The number of nitrogens with one attached hydrogen (secondary N) is 1. The summed E-state index contributed by atoms with van der Waals surface area (Å²) in [5, 5.41) is 4.06. The molecule has 0 radical (unpaired) electrons. The molecule has 5 nitrogen and oxygen atoms in total. The number of nitrogens with zero attached hydrogens (tertiary/aromatic N) is 2. The van der Waals surface area contributed by atoms with Crippen molar-refractivity contribution in [1.82, 2.24) is 9.88 Å². The lowest BCUT2D eigenvalue weighted by molar-refractivity contribution is -0.133. The third kappa shape index (κ3) is 3.69. The summed E-state index contributed by atoms with van der Waals surface area (Å²) < 4.78 is 19.2. The third-order valence-electron chi connectivity index (χ3n) is 4.63. The molecular formula is C21H20FN3O2. The molecule has 0 saturated heterocycles. The summed E-state index contributed by atoms with van der Waals surface area (Å²) in [4.78, 5) is 18.6. The number of benzene rings is 2. The Morgan fingerprint density at radius 2 is 2.07 bits per heavy atom. The predicted molar refractivity (Wildman–Crippen MR) is 102 cm³/mol. The van der Waals surface area contributed by atoms with Gasteiger partial charge in [-0.05, 0) is 37.3 Å². The number of carbonyl (C=O) groups excluding carboxylic acids is 1. The van der Waals surface area contributed by atoms with Crippen molar-refractivity contribution in [3.8, 4) is 5.75 Å². The monoisotopic (exact) mass is 365 g/mol. The number of halogens is 1. The van der Waals surface area contributed by atoms with E-state index in [-0.39, 0.29) is 18.3 Å². The Bertz CT molecular complexity index is 1010. The van der Waals surface area contributed by atoms with Crippen LogP contribution in [0.3, 0.4) is 0 Å². The van der Waals surface area contributed by atoms with Gasteiger partial charge in [-0.1, -0.05) is 18.2 Å². The molecule has 0 aliphatic carbocycles. The first kappa shape index (κ1) is 17.3. The maximum atomic E-state index is 13.6. The summed E-state index contributed by atoms with van der Waals surface area (Å²) in [6.07, 6.45) is 0. The van der Waals surface area contributed by atoms with E-state index in [9.17, 15) is 9.18 Å². The van der Waals surface area contributed by atoms with E-state index in [0.29, 0.717) is 19.6 Å². The summed E-state index contributed by atoms with van der Waals surface area (Å²) in [5.41, 5.74) is 3.41. The summed E-state index contributed by atoms with van der Waals surface area (Å²) in [6, 6.07) is 14.1. The molecule has 0 atom stereocenters. The molecular weight excluding hydrogens is 345 g/mol. The van der Waals surface area contributed by atoms with Crippen LogP contribution in [-0.2, 0) is 11.3 Å². The van der Waals surface area contributed by atoms with Gasteiger partial charge in [0.05, 0.1) is 5.52 Å². The van der Waals surface area contributed by atoms with Gasteiger partial charge < -0.3 is 15.0 Å². The molecule has 1 aromatic heterocycles. The lowest BCUT2D eigenvalue weighted by Crippen LogP contribution is -2.36. The Morgan fingerprint density at radius 1 is 1.22 bits per heavy atom. The number of anilines is 1. The molecule has 1 aliphatic heterocycles. The zero-order valence-corrected chi connectivity index (χ0v) is 15.0. The van der Waals surface area contributed by atoms with E-state index in [1.807, 2.05) is 37.3 Å². The highest BCUT2D eigenvalue weighted by atomic mass is 19.1. The second-order valence-corrected chi connectivity index (χ2v) is 6.61. The lowest BCUT2D eigenvalue weighted by Gasteiger charge is -2.21. The fraction of sp³-hybridized carbons (Fsp3) is 0.238. The smallest absolute Gasteiger partial charge is 0.260 e. The van der Waals surface area contributed by atoms with Crippen LogP contribution in [0.1, 0.15) is 11.3 Å². The first-order chi connectivity index (χ1) is 13.1. The Labute approximate surface area is 156 Å². The van der Waals surface area contributed by atoms with Gasteiger partial charge >= 0.3 is 0 Å². The van der Waals surface area contributed by atoms with Crippen molar-refractivity contribution in [2.24, 2.45) is 0 Å². The van der Waals surface area contributed by atoms with Crippen LogP contribution in [-0.4, -0.2) is 35.5 Å². The van der Waals surface area contributed by atoms with Crippen LogP contribution < -0.4 is 10.1 Å². The molecule has 6 heteroatoms. The summed E-state index contributed by atoms with van der Waals surface area (Å²) in [6.45, 7) is 3.53. The Morgan fingerprint density at radius 3 is 2.96 bits per heavy atom. The zero-order valence-electron chi connectivity index (χ0n) is 15.0. The van der Waals surface area contributed by atoms with Crippen molar-refractivity contribution < 1.29 is 13.9 Å². The normalized spacial score (nSPS) is 13.9. The molecule has 0 bridgehead atoms. The van der Waals surface area contributed by atoms with Crippen LogP contribution in [0.15, 0.2) is 48.5 Å². The van der Waals surface area contributed by atoms with Crippen LogP contribution in [0, 0.1) is 12.7 Å². The van der Waals surface area contributed by atoms with Gasteiger partial charge in [0.2, 0.25) is 0 Å². The standard InChI is InChI=1S/C21H20FN3O2/c1-14-10-19(17-11-16(22)6-7-18(17)24-14)23-8-9-25-12-15-4-2-3-5-20(15)27-13-21(25)26/h2-7,10-11H,8-9,12-13H2,1H3,(H,23,24). The molecule has 4 rings (SSSR count). The van der Waals surface area contributed by atoms with Gasteiger partial charge in [-0.15, -0.1) is 0 Å². The predicted octanol–water partition coefficient (Wildman–Crippen LogP) is 3.52. The number of rotatable bonds is 4. The van der Waals surface area contributed by atoms with E-state index in [0.717, 1.165) is 33.6 Å². The van der Waals surface area contributed by atoms with Crippen molar-refractivity contribution in [3.63, 3.8) is 0 Å². The second kappa shape index (κ2) is 7.23. The SMILES string of the molecule is Cc1cc(NCCN2Cc3ccccc3OCC2=O)c2cc(F)ccc2n1. The number of ether oxygens (including phenoxy) is 1. The van der Waals surface area contributed by atoms with Gasteiger partial charge in [-0.25, -0.2) is 4.39 Å². The molecule has 2 aromatic carbocycles. The minimum absolute atomic E-state index is 0.0412. The van der Waals surface area contributed by atoms with E-state index in [2.05, 4.69) is 10.3 Å². The molecule has 1 aliphatic rings. The number of fused-ring (bicyclic) bond motifs is 2. The minimum Gasteiger partial charge on any atom is -0.483 e. The van der Waals surface area contributed by atoms with E-state index in [4.69, 9.17) is 4.74 Å². The van der Waals surface area contributed by atoms with Crippen LogP contribution in [0.2, 0.25) is 0 Å². The van der Waals surface area contributed by atoms with E-state index < -0.39 is 0 Å². The van der Waals surface area contributed by atoms with Crippen molar-refractivity contribution in [1.29, 1.82) is 0 Å². The highest BCUT2D eigenvalue weighted by Crippen LogP contribution is 2.25. The average Bonchev–Trinajstić information content (AvgIpc) is 2.81. The molecule has 138 valence electrons. The molecule has 2 heterocycles. The van der Waals surface area contributed by atoms with Gasteiger partial charge in [-0.2, -0.15) is 0 Å². The number of amides is 1. The van der Waals surface area contributed by atoms with Gasteiger partial charge in [0.25, 0.3) is 5.91 Å².